The van der Waals surface area contributed by atoms with Gasteiger partial charge in [0, 0.05) is 17.7 Å². The molecule has 3 N–H and O–H groups in total. The monoisotopic (exact) mass is 329 g/mol. The molecule has 0 saturated heterocycles. The highest BCUT2D eigenvalue weighted by atomic mass is 16.4. The molecule has 128 valence electrons. The minimum absolute atomic E-state index is 0.0563. The van der Waals surface area contributed by atoms with Crippen molar-refractivity contribution < 1.29 is 14.7 Å². The van der Waals surface area contributed by atoms with Crippen LogP contribution in [0.15, 0.2) is 36.4 Å². The summed E-state index contributed by atoms with van der Waals surface area (Å²) in [5, 5.41) is 18.9. The van der Waals surface area contributed by atoms with Gasteiger partial charge in [-0.25, -0.2) is 0 Å². The van der Waals surface area contributed by atoms with Crippen LogP contribution in [-0.4, -0.2) is 33.7 Å². The summed E-state index contributed by atoms with van der Waals surface area (Å²) in [5.74, 6) is -1.99. The Balaban J connectivity index is 1.97. The first-order valence-electron chi connectivity index (χ1n) is 7.88. The molecule has 1 atom stereocenters. The Hall–Kier alpha value is -2.63. The van der Waals surface area contributed by atoms with Crippen LogP contribution in [0.3, 0.4) is 0 Å². The third kappa shape index (κ3) is 4.68. The van der Waals surface area contributed by atoms with E-state index < -0.39 is 11.9 Å². The predicted octanol–water partition coefficient (Wildman–Crippen LogP) is 2.38. The summed E-state index contributed by atoms with van der Waals surface area (Å²) in [6, 6.07) is 11.1. The minimum Gasteiger partial charge on any atom is -0.481 e. The Kier molecular flexibility index (Phi) is 5.39. The number of carbonyl (C=O) groups is 2. The number of benzene rings is 1. The first-order chi connectivity index (χ1) is 11.3. The van der Waals surface area contributed by atoms with Crippen LogP contribution < -0.4 is 5.32 Å². The van der Waals surface area contributed by atoms with Gasteiger partial charge in [-0.2, -0.15) is 5.10 Å². The van der Waals surface area contributed by atoms with E-state index in [1.165, 1.54) is 0 Å². The second-order valence-corrected chi connectivity index (χ2v) is 6.85. The van der Waals surface area contributed by atoms with E-state index in [1.54, 1.807) is 6.07 Å². The van der Waals surface area contributed by atoms with Crippen LogP contribution in [0.4, 0.5) is 0 Å². The summed E-state index contributed by atoms with van der Waals surface area (Å²) in [5.41, 5.74) is 1.91. The summed E-state index contributed by atoms with van der Waals surface area (Å²) < 4.78 is 0. The molecule has 1 aromatic carbocycles. The molecule has 0 radical (unpaired) electrons. The average Bonchev–Trinajstić information content (AvgIpc) is 3.02. The van der Waals surface area contributed by atoms with Crippen molar-refractivity contribution in [1.29, 1.82) is 0 Å². The Morgan fingerprint density at radius 1 is 1.25 bits per heavy atom. The molecular formula is C18H23N3O3. The lowest BCUT2D eigenvalue weighted by molar-refractivity contribution is -0.141. The smallest absolute Gasteiger partial charge is 0.308 e. The molecule has 0 saturated carbocycles. The third-order valence-electron chi connectivity index (χ3n) is 3.80. The van der Waals surface area contributed by atoms with Gasteiger partial charge in [-0.1, -0.05) is 51.1 Å². The molecular weight excluding hydrogens is 306 g/mol. The number of amides is 1. The molecule has 0 aliphatic rings. The zero-order chi connectivity index (χ0) is 17.7. The van der Waals surface area contributed by atoms with Crippen LogP contribution in [0.25, 0.3) is 0 Å². The highest BCUT2D eigenvalue weighted by Gasteiger charge is 2.22. The second kappa shape index (κ2) is 7.29. The van der Waals surface area contributed by atoms with Crippen molar-refractivity contribution in [3.05, 3.63) is 53.3 Å². The van der Waals surface area contributed by atoms with E-state index in [4.69, 9.17) is 0 Å². The molecule has 24 heavy (non-hydrogen) atoms. The van der Waals surface area contributed by atoms with Gasteiger partial charge in [0.25, 0.3) is 5.91 Å². The molecule has 0 fully saturated rings. The molecule has 2 aromatic rings. The van der Waals surface area contributed by atoms with Crippen molar-refractivity contribution in [2.24, 2.45) is 5.92 Å². The standard InChI is InChI=1S/C18H23N3O3/c1-18(2,3)15-10-14(20-21-15)16(22)19-11-13(17(23)24)9-12-7-5-4-6-8-12/h4-8,10,13H,9,11H2,1-3H3,(H,19,22)(H,20,21)(H,23,24). The number of nitrogens with one attached hydrogen (secondary N) is 2. The predicted molar refractivity (Wildman–Crippen MR) is 90.9 cm³/mol. The van der Waals surface area contributed by atoms with Gasteiger partial charge < -0.3 is 10.4 Å². The van der Waals surface area contributed by atoms with Crippen LogP contribution in [0.1, 0.15) is 42.5 Å². The highest BCUT2D eigenvalue weighted by Crippen LogP contribution is 2.20. The molecule has 1 unspecified atom stereocenters. The fourth-order valence-electron chi connectivity index (χ4n) is 2.27. The van der Waals surface area contributed by atoms with E-state index in [-0.39, 0.29) is 23.6 Å². The summed E-state index contributed by atoms with van der Waals surface area (Å²) in [7, 11) is 0. The van der Waals surface area contributed by atoms with Crippen molar-refractivity contribution in [3.63, 3.8) is 0 Å². The largest absolute Gasteiger partial charge is 0.481 e. The summed E-state index contributed by atoms with van der Waals surface area (Å²) >= 11 is 0. The molecule has 0 spiro atoms. The van der Waals surface area contributed by atoms with E-state index in [0.717, 1.165) is 11.3 Å². The maximum Gasteiger partial charge on any atom is 0.308 e. The van der Waals surface area contributed by atoms with Crippen LogP contribution in [-0.2, 0) is 16.6 Å². The number of H-pyrrole nitrogens is 1. The van der Waals surface area contributed by atoms with E-state index in [9.17, 15) is 14.7 Å². The van der Waals surface area contributed by atoms with Crippen LogP contribution in [0.5, 0.6) is 0 Å². The Labute approximate surface area is 141 Å². The van der Waals surface area contributed by atoms with Crippen molar-refractivity contribution in [1.82, 2.24) is 15.5 Å². The molecule has 1 heterocycles. The van der Waals surface area contributed by atoms with E-state index in [0.29, 0.717) is 6.42 Å². The summed E-state index contributed by atoms with van der Waals surface area (Å²) in [4.78, 5) is 23.6. The van der Waals surface area contributed by atoms with Crippen LogP contribution >= 0.6 is 0 Å². The first kappa shape index (κ1) is 17.7. The molecule has 2 rings (SSSR count). The van der Waals surface area contributed by atoms with E-state index in [1.807, 2.05) is 51.1 Å². The van der Waals surface area contributed by atoms with E-state index in [2.05, 4.69) is 15.5 Å². The molecule has 6 nitrogen and oxygen atoms in total. The lowest BCUT2D eigenvalue weighted by atomic mass is 9.92. The molecule has 1 aromatic heterocycles. The maximum atomic E-state index is 12.2. The van der Waals surface area contributed by atoms with Crippen molar-refractivity contribution >= 4 is 11.9 Å². The fraction of sp³-hybridized carbons (Fsp3) is 0.389. The van der Waals surface area contributed by atoms with Gasteiger partial charge in [0.2, 0.25) is 0 Å². The maximum absolute atomic E-state index is 12.2. The number of nitrogens with zero attached hydrogens (tertiary/aromatic N) is 1. The van der Waals surface area contributed by atoms with E-state index >= 15 is 0 Å². The van der Waals surface area contributed by atoms with Gasteiger partial charge >= 0.3 is 5.97 Å². The zero-order valence-electron chi connectivity index (χ0n) is 14.2. The number of aromatic nitrogens is 2. The van der Waals surface area contributed by atoms with Crippen molar-refractivity contribution in [2.75, 3.05) is 6.54 Å². The zero-order valence-corrected chi connectivity index (χ0v) is 14.2. The first-order valence-corrected chi connectivity index (χ1v) is 7.88. The summed E-state index contributed by atoms with van der Waals surface area (Å²) in [6.45, 7) is 6.11. The highest BCUT2D eigenvalue weighted by molar-refractivity contribution is 5.92. The molecule has 6 heteroatoms. The molecule has 1 amide bonds. The number of hydrogen-bond donors (Lipinski definition) is 3. The lowest BCUT2D eigenvalue weighted by Gasteiger charge is -2.14. The quantitative estimate of drug-likeness (QED) is 0.758. The number of carbonyl (C=O) groups excluding carboxylic acids is 1. The summed E-state index contributed by atoms with van der Waals surface area (Å²) in [6.07, 6.45) is 0.365. The SMILES string of the molecule is CC(C)(C)c1cc(C(=O)NCC(Cc2ccccc2)C(=O)O)n[nH]1. The topological polar surface area (TPSA) is 95.1 Å². The Bertz CT molecular complexity index is 702. The van der Waals surface area contributed by atoms with Gasteiger partial charge in [-0.3, -0.25) is 14.7 Å². The number of aliphatic carboxylic acids is 1. The number of rotatable bonds is 6. The molecule has 0 aliphatic carbocycles. The lowest BCUT2D eigenvalue weighted by Crippen LogP contribution is -2.34. The van der Waals surface area contributed by atoms with Crippen molar-refractivity contribution in [3.8, 4) is 0 Å². The second-order valence-electron chi connectivity index (χ2n) is 6.85. The van der Waals surface area contributed by atoms with Gasteiger partial charge in [-0.15, -0.1) is 0 Å². The average molecular weight is 329 g/mol. The third-order valence-corrected chi connectivity index (χ3v) is 3.80. The Morgan fingerprint density at radius 2 is 1.92 bits per heavy atom. The van der Waals surface area contributed by atoms with Crippen LogP contribution in [0.2, 0.25) is 0 Å². The number of aromatic amines is 1. The minimum atomic E-state index is -0.934. The van der Waals surface area contributed by atoms with Gasteiger partial charge in [0.15, 0.2) is 0 Å². The van der Waals surface area contributed by atoms with Gasteiger partial charge in [-0.05, 0) is 18.1 Å². The normalized spacial score (nSPS) is 12.6. The molecule has 0 bridgehead atoms. The van der Waals surface area contributed by atoms with Gasteiger partial charge in [0.05, 0.1) is 5.92 Å². The number of carboxylic acids is 1. The number of hydrogen-bond acceptors (Lipinski definition) is 3. The molecule has 0 aliphatic heterocycles. The van der Waals surface area contributed by atoms with Crippen molar-refractivity contribution in [2.45, 2.75) is 32.6 Å². The Morgan fingerprint density at radius 3 is 2.46 bits per heavy atom. The number of carboxylic acid groups (broad SMARTS) is 1. The fourth-order valence-corrected chi connectivity index (χ4v) is 2.27. The van der Waals surface area contributed by atoms with Crippen LogP contribution in [0, 0.1) is 5.92 Å². The van der Waals surface area contributed by atoms with Gasteiger partial charge in [0.1, 0.15) is 5.69 Å².